The monoisotopic (exact) mass is 270 g/mol. The van der Waals surface area contributed by atoms with Crippen molar-refractivity contribution in [3.8, 4) is 0 Å². The molecule has 102 valence electrons. The molecule has 0 radical (unpaired) electrons. The van der Waals surface area contributed by atoms with E-state index in [-0.39, 0.29) is 18.0 Å². The minimum atomic E-state index is -0.173. The number of ketones is 1. The summed E-state index contributed by atoms with van der Waals surface area (Å²) in [6, 6.07) is 7.36. The normalized spacial score (nSPS) is 11.1. The first kappa shape index (κ1) is 12.5. The topological polar surface area (TPSA) is 57.1 Å². The minimum Gasteiger partial charge on any atom is -0.464 e. The fourth-order valence-corrected chi connectivity index (χ4v) is 2.25. The summed E-state index contributed by atoms with van der Waals surface area (Å²) in [5, 5.41) is 0.778. The van der Waals surface area contributed by atoms with Gasteiger partial charge in [0.05, 0.1) is 12.1 Å². The van der Waals surface area contributed by atoms with Crippen molar-refractivity contribution < 1.29 is 9.21 Å². The van der Waals surface area contributed by atoms with Gasteiger partial charge in [-0.25, -0.2) is 4.79 Å². The van der Waals surface area contributed by atoms with Gasteiger partial charge >= 0.3 is 5.69 Å². The molecule has 0 unspecified atom stereocenters. The number of carbonyl (C=O) groups is 1. The van der Waals surface area contributed by atoms with E-state index in [2.05, 4.69) is 0 Å². The molecule has 0 saturated heterocycles. The Hall–Kier alpha value is -2.56. The number of benzene rings is 1. The average Bonchev–Trinajstić information content (AvgIpc) is 3.03. The number of carbonyl (C=O) groups excluding carboxylic acids is 1. The summed E-state index contributed by atoms with van der Waals surface area (Å²) >= 11 is 0. The quantitative estimate of drug-likeness (QED) is 0.683. The molecular weight excluding hydrogens is 256 g/mol. The SMILES string of the molecule is CCn1ccn(CC(=O)c2coc3ccccc23)c1=O. The molecule has 0 amide bonds. The molecule has 2 aromatic heterocycles. The summed E-state index contributed by atoms with van der Waals surface area (Å²) < 4.78 is 8.32. The van der Waals surface area contributed by atoms with Crippen LogP contribution in [0.25, 0.3) is 11.0 Å². The number of aromatic nitrogens is 2. The fourth-order valence-electron chi connectivity index (χ4n) is 2.25. The average molecular weight is 270 g/mol. The molecule has 2 heterocycles. The first-order valence-electron chi connectivity index (χ1n) is 6.45. The van der Waals surface area contributed by atoms with Crippen LogP contribution in [0, 0.1) is 0 Å². The number of Topliss-reactive ketones (excluding diaryl/α,β-unsaturated/α-hetero) is 1. The third kappa shape index (κ3) is 1.97. The highest BCUT2D eigenvalue weighted by atomic mass is 16.3. The second-order valence-corrected chi connectivity index (χ2v) is 4.56. The van der Waals surface area contributed by atoms with Gasteiger partial charge in [-0.3, -0.25) is 13.9 Å². The molecule has 5 heteroatoms. The van der Waals surface area contributed by atoms with Crippen LogP contribution in [0.2, 0.25) is 0 Å². The highest BCUT2D eigenvalue weighted by Crippen LogP contribution is 2.21. The lowest BCUT2D eigenvalue weighted by molar-refractivity contribution is 0.0971. The Morgan fingerprint density at radius 1 is 1.20 bits per heavy atom. The molecule has 0 aliphatic carbocycles. The van der Waals surface area contributed by atoms with Crippen LogP contribution >= 0.6 is 0 Å². The van der Waals surface area contributed by atoms with Crippen LogP contribution in [0.5, 0.6) is 0 Å². The van der Waals surface area contributed by atoms with Crippen molar-refractivity contribution in [2.45, 2.75) is 20.0 Å². The highest BCUT2D eigenvalue weighted by Gasteiger charge is 2.15. The van der Waals surface area contributed by atoms with Gasteiger partial charge in [-0.1, -0.05) is 18.2 Å². The number of hydrogen-bond donors (Lipinski definition) is 0. The lowest BCUT2D eigenvalue weighted by atomic mass is 10.1. The molecule has 20 heavy (non-hydrogen) atoms. The van der Waals surface area contributed by atoms with E-state index < -0.39 is 0 Å². The van der Waals surface area contributed by atoms with Crippen molar-refractivity contribution in [3.05, 3.63) is 59.0 Å². The third-order valence-electron chi connectivity index (χ3n) is 3.35. The second-order valence-electron chi connectivity index (χ2n) is 4.56. The molecule has 0 spiro atoms. The van der Waals surface area contributed by atoms with Gasteiger partial charge < -0.3 is 4.42 Å². The molecular formula is C15H14N2O3. The molecule has 3 aromatic rings. The Morgan fingerprint density at radius 3 is 2.70 bits per heavy atom. The van der Waals surface area contributed by atoms with E-state index in [9.17, 15) is 9.59 Å². The summed E-state index contributed by atoms with van der Waals surface area (Å²) in [5.74, 6) is -0.133. The van der Waals surface area contributed by atoms with Crippen LogP contribution in [0.4, 0.5) is 0 Å². The van der Waals surface area contributed by atoms with E-state index in [0.29, 0.717) is 17.7 Å². The van der Waals surface area contributed by atoms with E-state index in [0.717, 1.165) is 5.39 Å². The van der Waals surface area contributed by atoms with Gasteiger partial charge in [-0.15, -0.1) is 0 Å². The highest BCUT2D eigenvalue weighted by molar-refractivity contribution is 6.06. The number of imidazole rings is 1. The number of furan rings is 1. The molecule has 3 rings (SSSR count). The number of aryl methyl sites for hydroxylation is 1. The number of rotatable bonds is 4. The third-order valence-corrected chi connectivity index (χ3v) is 3.35. The first-order chi connectivity index (χ1) is 9.70. The van der Waals surface area contributed by atoms with Crippen molar-refractivity contribution in [3.63, 3.8) is 0 Å². The van der Waals surface area contributed by atoms with Crippen molar-refractivity contribution in [2.75, 3.05) is 0 Å². The number of para-hydroxylation sites is 1. The first-order valence-corrected chi connectivity index (χ1v) is 6.45. The maximum absolute atomic E-state index is 12.3. The van der Waals surface area contributed by atoms with E-state index >= 15 is 0 Å². The standard InChI is InChI=1S/C15H14N2O3/c1-2-16-7-8-17(15(16)19)9-13(18)12-10-20-14-6-4-3-5-11(12)14/h3-8,10H,2,9H2,1H3. The van der Waals surface area contributed by atoms with Crippen LogP contribution in [0.1, 0.15) is 17.3 Å². The van der Waals surface area contributed by atoms with Crippen LogP contribution in [0.3, 0.4) is 0 Å². The Kier molecular flexibility index (Phi) is 3.02. The largest absolute Gasteiger partial charge is 0.464 e. The lowest BCUT2D eigenvalue weighted by Gasteiger charge is -2.00. The molecule has 0 bridgehead atoms. The van der Waals surface area contributed by atoms with Crippen molar-refractivity contribution in [2.24, 2.45) is 0 Å². The maximum Gasteiger partial charge on any atom is 0.328 e. The molecule has 0 fully saturated rings. The van der Waals surface area contributed by atoms with Crippen molar-refractivity contribution in [1.29, 1.82) is 0 Å². The fraction of sp³-hybridized carbons (Fsp3) is 0.200. The van der Waals surface area contributed by atoms with Crippen LogP contribution in [0.15, 0.2) is 52.1 Å². The lowest BCUT2D eigenvalue weighted by Crippen LogP contribution is -2.26. The summed E-state index contributed by atoms with van der Waals surface area (Å²) in [7, 11) is 0. The summed E-state index contributed by atoms with van der Waals surface area (Å²) in [6.07, 6.45) is 4.77. The molecule has 0 aliphatic rings. The Labute approximate surface area is 115 Å². The molecule has 5 nitrogen and oxygen atoms in total. The van der Waals surface area contributed by atoms with Gasteiger partial charge in [0.15, 0.2) is 5.78 Å². The number of fused-ring (bicyclic) bond motifs is 1. The summed E-state index contributed by atoms with van der Waals surface area (Å²) in [4.78, 5) is 24.2. The molecule has 0 saturated carbocycles. The van der Waals surface area contributed by atoms with Gasteiger partial charge in [0.2, 0.25) is 0 Å². The van der Waals surface area contributed by atoms with Crippen molar-refractivity contribution >= 4 is 16.8 Å². The maximum atomic E-state index is 12.3. The number of nitrogens with zero attached hydrogens (tertiary/aromatic N) is 2. The van der Waals surface area contributed by atoms with E-state index in [1.165, 1.54) is 10.8 Å². The zero-order chi connectivity index (χ0) is 14.1. The van der Waals surface area contributed by atoms with Gasteiger partial charge in [0.1, 0.15) is 11.8 Å². The van der Waals surface area contributed by atoms with Crippen molar-refractivity contribution in [1.82, 2.24) is 9.13 Å². The predicted molar refractivity (Wildman–Crippen MR) is 74.9 cm³/mol. The molecule has 0 atom stereocenters. The summed E-state index contributed by atoms with van der Waals surface area (Å²) in [5.41, 5.74) is 1.01. The number of hydrogen-bond acceptors (Lipinski definition) is 3. The molecule has 0 aliphatic heterocycles. The van der Waals surface area contributed by atoms with Crippen LogP contribution < -0.4 is 5.69 Å². The van der Waals surface area contributed by atoms with E-state index in [1.54, 1.807) is 17.0 Å². The zero-order valence-corrected chi connectivity index (χ0v) is 11.1. The zero-order valence-electron chi connectivity index (χ0n) is 11.1. The summed E-state index contributed by atoms with van der Waals surface area (Å²) in [6.45, 7) is 2.50. The minimum absolute atomic E-state index is 0.0232. The van der Waals surface area contributed by atoms with E-state index in [4.69, 9.17) is 4.42 Å². The van der Waals surface area contributed by atoms with E-state index in [1.807, 2.05) is 31.2 Å². The van der Waals surface area contributed by atoms with Gasteiger partial charge in [0, 0.05) is 24.3 Å². The molecule has 1 aromatic carbocycles. The predicted octanol–water partition coefficient (Wildman–Crippen LogP) is 2.30. The Morgan fingerprint density at radius 2 is 1.95 bits per heavy atom. The van der Waals surface area contributed by atoms with Gasteiger partial charge in [-0.2, -0.15) is 0 Å². The Balaban J connectivity index is 1.93. The van der Waals surface area contributed by atoms with Gasteiger partial charge in [0.25, 0.3) is 0 Å². The van der Waals surface area contributed by atoms with Crippen LogP contribution in [-0.4, -0.2) is 14.9 Å². The van der Waals surface area contributed by atoms with Crippen LogP contribution in [-0.2, 0) is 13.1 Å². The molecule has 0 N–H and O–H groups in total. The van der Waals surface area contributed by atoms with Gasteiger partial charge in [-0.05, 0) is 13.0 Å². The smallest absolute Gasteiger partial charge is 0.328 e. The Bertz CT molecular complexity index is 823. The second kappa shape index (κ2) is 4.85.